The van der Waals surface area contributed by atoms with Gasteiger partial charge in [0.1, 0.15) is 11.3 Å². The van der Waals surface area contributed by atoms with Gasteiger partial charge in [0.15, 0.2) is 11.3 Å². The zero-order valence-corrected chi connectivity index (χ0v) is 15.1. The smallest absolute Gasteiger partial charge is 0.280 e. The first-order valence-corrected chi connectivity index (χ1v) is 9.01. The molecular weight excluding hydrogens is 361 g/mol. The molecule has 8 nitrogen and oxygen atoms in total. The van der Waals surface area contributed by atoms with Crippen molar-refractivity contribution in [1.82, 2.24) is 34.3 Å². The Morgan fingerprint density at radius 2 is 2.11 bits per heavy atom. The third-order valence-corrected chi connectivity index (χ3v) is 4.89. The summed E-state index contributed by atoms with van der Waals surface area (Å²) in [4.78, 5) is 20.3. The van der Waals surface area contributed by atoms with Crippen LogP contribution in [0.15, 0.2) is 41.5 Å². The Hall–Kier alpha value is -3.62. The second-order valence-corrected chi connectivity index (χ2v) is 6.60. The summed E-state index contributed by atoms with van der Waals surface area (Å²) in [5.41, 5.74) is 2.40. The van der Waals surface area contributed by atoms with Crippen LogP contribution in [0, 0.1) is 5.82 Å². The van der Waals surface area contributed by atoms with E-state index in [-0.39, 0.29) is 16.9 Å². The van der Waals surface area contributed by atoms with Crippen LogP contribution in [0.4, 0.5) is 4.39 Å². The maximum atomic E-state index is 13.6. The van der Waals surface area contributed by atoms with Crippen LogP contribution in [0.1, 0.15) is 18.3 Å². The number of hydrogen-bond acceptors (Lipinski definition) is 5. The van der Waals surface area contributed by atoms with E-state index in [0.717, 1.165) is 16.5 Å². The maximum Gasteiger partial charge on any atom is 0.280 e. The summed E-state index contributed by atoms with van der Waals surface area (Å²) >= 11 is 0. The summed E-state index contributed by atoms with van der Waals surface area (Å²) in [6.45, 7) is 2.39. The van der Waals surface area contributed by atoms with Gasteiger partial charge in [0, 0.05) is 36.3 Å². The summed E-state index contributed by atoms with van der Waals surface area (Å²) in [5.74, 6) is 0.745. The molecule has 4 heterocycles. The van der Waals surface area contributed by atoms with Gasteiger partial charge in [-0.2, -0.15) is 9.50 Å². The fraction of sp³-hybridized carbons (Fsp3) is 0.211. The van der Waals surface area contributed by atoms with Gasteiger partial charge in [-0.1, -0.05) is 6.92 Å². The molecule has 0 bridgehead atoms. The number of benzene rings is 1. The minimum atomic E-state index is -0.283. The Morgan fingerprint density at radius 1 is 1.21 bits per heavy atom. The molecule has 28 heavy (non-hydrogen) atoms. The minimum Gasteiger partial charge on any atom is -0.361 e. The molecule has 0 unspecified atom stereocenters. The van der Waals surface area contributed by atoms with Crippen molar-refractivity contribution in [1.29, 1.82) is 0 Å². The molecule has 0 aliphatic carbocycles. The molecule has 4 aromatic heterocycles. The van der Waals surface area contributed by atoms with Crippen molar-refractivity contribution in [2.45, 2.75) is 26.3 Å². The average molecular weight is 377 g/mol. The van der Waals surface area contributed by atoms with Crippen LogP contribution in [0.25, 0.3) is 27.7 Å². The molecule has 0 saturated heterocycles. The number of hydrogen-bond donors (Lipinski definition) is 1. The van der Waals surface area contributed by atoms with Gasteiger partial charge in [-0.3, -0.25) is 4.79 Å². The van der Waals surface area contributed by atoms with Crippen molar-refractivity contribution in [3.05, 3.63) is 64.2 Å². The first-order valence-electron chi connectivity index (χ1n) is 9.01. The lowest BCUT2D eigenvalue weighted by molar-refractivity contribution is 0.629. The van der Waals surface area contributed by atoms with Crippen LogP contribution in [-0.4, -0.2) is 34.3 Å². The van der Waals surface area contributed by atoms with E-state index in [4.69, 9.17) is 0 Å². The topological polar surface area (TPSA) is 93.8 Å². The lowest BCUT2D eigenvalue weighted by atomic mass is 10.1. The normalized spacial score (nSPS) is 11.8. The van der Waals surface area contributed by atoms with Gasteiger partial charge >= 0.3 is 0 Å². The van der Waals surface area contributed by atoms with Crippen LogP contribution in [0.2, 0.25) is 0 Å². The quantitative estimate of drug-likeness (QED) is 0.518. The summed E-state index contributed by atoms with van der Waals surface area (Å²) < 4.78 is 16.7. The molecule has 5 aromatic rings. The van der Waals surface area contributed by atoms with E-state index < -0.39 is 0 Å². The van der Waals surface area contributed by atoms with E-state index in [1.807, 2.05) is 13.1 Å². The van der Waals surface area contributed by atoms with Crippen LogP contribution in [0.3, 0.4) is 0 Å². The molecule has 5 rings (SSSR count). The monoisotopic (exact) mass is 377 g/mol. The van der Waals surface area contributed by atoms with Gasteiger partial charge in [-0.05, 0) is 36.2 Å². The number of rotatable bonds is 4. The number of aromatic nitrogens is 7. The number of nitrogens with zero attached hydrogens (tertiary/aromatic N) is 6. The molecule has 0 spiro atoms. The Kier molecular flexibility index (Phi) is 3.68. The number of nitrogens with one attached hydrogen (secondary N) is 1. The summed E-state index contributed by atoms with van der Waals surface area (Å²) in [6.07, 6.45) is 4.82. The molecule has 0 atom stereocenters. The number of fused-ring (bicyclic) bond motifs is 4. The molecule has 1 N–H and O–H groups in total. The Labute approximate surface area is 157 Å². The largest absolute Gasteiger partial charge is 0.361 e. The van der Waals surface area contributed by atoms with E-state index in [0.29, 0.717) is 36.5 Å². The van der Waals surface area contributed by atoms with E-state index in [1.165, 1.54) is 12.1 Å². The minimum absolute atomic E-state index is 0.243. The van der Waals surface area contributed by atoms with Gasteiger partial charge in [-0.25, -0.2) is 4.39 Å². The van der Waals surface area contributed by atoms with Gasteiger partial charge in [0.2, 0.25) is 0 Å². The average Bonchev–Trinajstić information content (AvgIpc) is 3.31. The van der Waals surface area contributed by atoms with Gasteiger partial charge in [-0.15, -0.1) is 15.3 Å². The number of aromatic amines is 1. The van der Waals surface area contributed by atoms with E-state index in [1.54, 1.807) is 27.4 Å². The summed E-state index contributed by atoms with van der Waals surface area (Å²) in [7, 11) is 0. The van der Waals surface area contributed by atoms with Crippen molar-refractivity contribution in [2.24, 2.45) is 0 Å². The summed E-state index contributed by atoms with van der Waals surface area (Å²) in [6, 6.07) is 6.42. The lowest BCUT2D eigenvalue weighted by Gasteiger charge is -2.07. The van der Waals surface area contributed by atoms with Crippen LogP contribution >= 0.6 is 0 Å². The Bertz CT molecular complexity index is 1400. The highest BCUT2D eigenvalue weighted by Gasteiger charge is 2.13. The van der Waals surface area contributed by atoms with Crippen molar-refractivity contribution in [2.75, 3.05) is 0 Å². The van der Waals surface area contributed by atoms with Crippen molar-refractivity contribution < 1.29 is 4.39 Å². The molecule has 0 saturated carbocycles. The fourth-order valence-electron chi connectivity index (χ4n) is 3.41. The van der Waals surface area contributed by atoms with E-state index in [2.05, 4.69) is 25.3 Å². The predicted octanol–water partition coefficient (Wildman–Crippen LogP) is 2.26. The van der Waals surface area contributed by atoms with Crippen LogP contribution in [-0.2, 0) is 19.4 Å². The van der Waals surface area contributed by atoms with Crippen molar-refractivity contribution in [3.8, 4) is 0 Å². The Morgan fingerprint density at radius 3 is 2.96 bits per heavy atom. The molecule has 0 aliphatic rings. The van der Waals surface area contributed by atoms with Crippen LogP contribution in [0.5, 0.6) is 0 Å². The molecule has 140 valence electrons. The fourth-order valence-corrected chi connectivity index (χ4v) is 3.41. The van der Waals surface area contributed by atoms with Crippen molar-refractivity contribution >= 4 is 27.7 Å². The zero-order chi connectivity index (χ0) is 19.3. The maximum absolute atomic E-state index is 13.6. The molecule has 0 amide bonds. The Balaban J connectivity index is 1.52. The van der Waals surface area contributed by atoms with Crippen LogP contribution < -0.4 is 5.56 Å². The molecular formula is C19H16FN7O. The number of halogens is 1. The molecule has 9 heteroatoms. The third kappa shape index (κ3) is 2.55. The van der Waals surface area contributed by atoms with Gasteiger partial charge in [0.25, 0.3) is 11.3 Å². The zero-order valence-electron chi connectivity index (χ0n) is 15.1. The second kappa shape index (κ2) is 6.22. The number of aryl methyl sites for hydroxylation is 3. The first kappa shape index (κ1) is 16.5. The van der Waals surface area contributed by atoms with Gasteiger partial charge in [0.05, 0.1) is 0 Å². The number of H-pyrrole nitrogens is 1. The lowest BCUT2D eigenvalue weighted by Crippen LogP contribution is -2.22. The van der Waals surface area contributed by atoms with E-state index >= 15 is 0 Å². The molecule has 0 radical (unpaired) electrons. The summed E-state index contributed by atoms with van der Waals surface area (Å²) in [5, 5.41) is 13.3. The molecule has 1 aromatic carbocycles. The van der Waals surface area contributed by atoms with Gasteiger partial charge < -0.3 is 9.55 Å². The SMILES string of the molecule is CCc1nc2nnc3c(=O)n(CCc4c[nH]c5ccc(F)cc45)ccc3n2n1. The van der Waals surface area contributed by atoms with Crippen molar-refractivity contribution in [3.63, 3.8) is 0 Å². The highest BCUT2D eigenvalue weighted by Crippen LogP contribution is 2.20. The third-order valence-electron chi connectivity index (χ3n) is 4.89. The number of pyridine rings is 1. The van der Waals surface area contributed by atoms with E-state index in [9.17, 15) is 9.18 Å². The standard InChI is InChI=1S/C19H16FN7O/c1-2-16-22-19-24-23-17-15(27(19)25-16)6-8-26(18(17)28)7-5-11-10-21-14-4-3-12(20)9-13(11)14/h3-4,6,8-10,21H,2,5,7H2,1H3. The molecule has 0 aliphatic heterocycles. The highest BCUT2D eigenvalue weighted by molar-refractivity contribution is 5.83. The second-order valence-electron chi connectivity index (χ2n) is 6.60. The highest BCUT2D eigenvalue weighted by atomic mass is 19.1. The molecule has 0 fully saturated rings. The predicted molar refractivity (Wildman–Crippen MR) is 102 cm³/mol. The first-order chi connectivity index (χ1) is 13.6.